The molecule has 0 spiro atoms. The molecule has 2 aromatic heterocycles. The van der Waals surface area contributed by atoms with Crippen LogP contribution < -0.4 is 5.73 Å². The maximum Gasteiger partial charge on any atom is 0.173 e. The van der Waals surface area contributed by atoms with E-state index in [1.165, 1.54) is 5.56 Å². The van der Waals surface area contributed by atoms with Crippen LogP contribution in [0.5, 0.6) is 0 Å². The van der Waals surface area contributed by atoms with Crippen molar-refractivity contribution in [2.75, 3.05) is 0 Å². The third-order valence-corrected chi connectivity index (χ3v) is 3.34. The molecule has 0 radical (unpaired) electrons. The van der Waals surface area contributed by atoms with E-state index in [1.54, 1.807) is 10.9 Å². The van der Waals surface area contributed by atoms with Gasteiger partial charge < -0.3 is 10.9 Å². The van der Waals surface area contributed by atoms with E-state index in [2.05, 4.69) is 15.2 Å². The van der Waals surface area contributed by atoms with Gasteiger partial charge in [-0.05, 0) is 43.4 Å². The Hall–Kier alpha value is -2.37. The minimum Gasteiger partial charge on any atom is -0.409 e. The monoisotopic (exact) mass is 257 g/mol. The molecule has 0 aromatic carbocycles. The van der Waals surface area contributed by atoms with Crippen molar-refractivity contribution < 1.29 is 5.21 Å². The highest BCUT2D eigenvalue weighted by Crippen LogP contribution is 2.24. The van der Waals surface area contributed by atoms with E-state index in [1.807, 2.05) is 19.2 Å². The molecule has 0 saturated carbocycles. The van der Waals surface area contributed by atoms with Crippen molar-refractivity contribution in [2.24, 2.45) is 10.9 Å². The van der Waals surface area contributed by atoms with Gasteiger partial charge in [0.25, 0.3) is 0 Å². The van der Waals surface area contributed by atoms with Gasteiger partial charge in [0.2, 0.25) is 0 Å². The summed E-state index contributed by atoms with van der Waals surface area (Å²) in [5.74, 6) is 0.675. The fourth-order valence-electron chi connectivity index (χ4n) is 2.41. The standard InChI is InChI=1S/C13H15N5O/c1-8-6-15-18(7-8)13-10(12(14)17-19)5-9-3-2-4-11(9)16-13/h5-7,19H,2-4H2,1H3,(H2,14,17). The maximum atomic E-state index is 8.92. The first-order valence-corrected chi connectivity index (χ1v) is 6.21. The van der Waals surface area contributed by atoms with E-state index < -0.39 is 0 Å². The topological polar surface area (TPSA) is 89.3 Å². The molecule has 2 heterocycles. The number of nitrogens with zero attached hydrogens (tertiary/aromatic N) is 4. The Balaban J connectivity index is 2.21. The Morgan fingerprint density at radius 2 is 2.32 bits per heavy atom. The number of hydrogen-bond donors (Lipinski definition) is 2. The van der Waals surface area contributed by atoms with Crippen LogP contribution in [0.2, 0.25) is 0 Å². The predicted octanol–water partition coefficient (Wildman–Crippen LogP) is 1.16. The second-order valence-electron chi connectivity index (χ2n) is 4.77. The number of rotatable bonds is 2. The highest BCUT2D eigenvalue weighted by Gasteiger charge is 2.19. The summed E-state index contributed by atoms with van der Waals surface area (Å²) < 4.78 is 1.67. The molecule has 0 atom stereocenters. The van der Waals surface area contributed by atoms with Crippen LogP contribution in [0.25, 0.3) is 5.82 Å². The van der Waals surface area contributed by atoms with Gasteiger partial charge in [0.15, 0.2) is 11.7 Å². The zero-order chi connectivity index (χ0) is 13.4. The summed E-state index contributed by atoms with van der Waals surface area (Å²) >= 11 is 0. The van der Waals surface area contributed by atoms with Crippen molar-refractivity contribution >= 4 is 5.84 Å². The number of oxime groups is 1. The number of hydrogen-bond acceptors (Lipinski definition) is 4. The van der Waals surface area contributed by atoms with E-state index in [-0.39, 0.29) is 5.84 Å². The van der Waals surface area contributed by atoms with Gasteiger partial charge in [-0.2, -0.15) is 5.10 Å². The molecule has 6 heteroatoms. The number of aryl methyl sites for hydroxylation is 3. The van der Waals surface area contributed by atoms with E-state index in [4.69, 9.17) is 10.9 Å². The summed E-state index contributed by atoms with van der Waals surface area (Å²) in [4.78, 5) is 4.63. The van der Waals surface area contributed by atoms with Crippen molar-refractivity contribution in [1.82, 2.24) is 14.8 Å². The smallest absolute Gasteiger partial charge is 0.173 e. The Kier molecular flexibility index (Phi) is 2.70. The summed E-state index contributed by atoms with van der Waals surface area (Å²) in [5, 5.41) is 16.3. The van der Waals surface area contributed by atoms with Gasteiger partial charge >= 0.3 is 0 Å². The van der Waals surface area contributed by atoms with Crippen LogP contribution in [-0.4, -0.2) is 25.8 Å². The molecule has 0 fully saturated rings. The van der Waals surface area contributed by atoms with Crippen LogP contribution in [0.15, 0.2) is 23.6 Å². The molecular weight excluding hydrogens is 242 g/mol. The van der Waals surface area contributed by atoms with E-state index in [0.717, 1.165) is 30.5 Å². The molecular formula is C13H15N5O. The second-order valence-corrected chi connectivity index (χ2v) is 4.77. The van der Waals surface area contributed by atoms with Gasteiger partial charge in [-0.3, -0.25) is 0 Å². The van der Waals surface area contributed by atoms with E-state index in [9.17, 15) is 0 Å². The molecule has 98 valence electrons. The molecule has 0 aliphatic heterocycles. The number of aromatic nitrogens is 3. The van der Waals surface area contributed by atoms with Crippen molar-refractivity contribution in [3.05, 3.63) is 40.8 Å². The van der Waals surface area contributed by atoms with Crippen LogP contribution in [-0.2, 0) is 12.8 Å². The zero-order valence-corrected chi connectivity index (χ0v) is 10.7. The summed E-state index contributed by atoms with van der Waals surface area (Å²) in [6, 6.07) is 1.96. The highest BCUT2D eigenvalue weighted by atomic mass is 16.4. The first-order chi connectivity index (χ1) is 9.19. The van der Waals surface area contributed by atoms with Crippen LogP contribution in [0, 0.1) is 6.92 Å². The molecule has 3 rings (SSSR count). The van der Waals surface area contributed by atoms with Gasteiger partial charge in [-0.15, -0.1) is 0 Å². The molecule has 19 heavy (non-hydrogen) atoms. The first-order valence-electron chi connectivity index (χ1n) is 6.21. The van der Waals surface area contributed by atoms with Crippen molar-refractivity contribution in [3.8, 4) is 5.82 Å². The minimum atomic E-state index is 0.0605. The minimum absolute atomic E-state index is 0.0605. The van der Waals surface area contributed by atoms with Crippen molar-refractivity contribution in [2.45, 2.75) is 26.2 Å². The zero-order valence-electron chi connectivity index (χ0n) is 10.7. The molecule has 1 aliphatic rings. The molecule has 6 nitrogen and oxygen atoms in total. The summed E-state index contributed by atoms with van der Waals surface area (Å²) in [7, 11) is 0. The third-order valence-electron chi connectivity index (χ3n) is 3.34. The Bertz CT molecular complexity index is 659. The number of amidine groups is 1. The lowest BCUT2D eigenvalue weighted by molar-refractivity contribution is 0.318. The fraction of sp³-hybridized carbons (Fsp3) is 0.308. The quantitative estimate of drug-likeness (QED) is 0.365. The lowest BCUT2D eigenvalue weighted by Gasteiger charge is -2.10. The Morgan fingerprint density at radius 1 is 1.47 bits per heavy atom. The van der Waals surface area contributed by atoms with Gasteiger partial charge in [-0.1, -0.05) is 5.16 Å². The average Bonchev–Trinajstić information content (AvgIpc) is 3.04. The molecule has 2 aromatic rings. The van der Waals surface area contributed by atoms with Gasteiger partial charge in [-0.25, -0.2) is 9.67 Å². The lowest BCUT2D eigenvalue weighted by Crippen LogP contribution is -2.18. The molecule has 3 N–H and O–H groups in total. The van der Waals surface area contributed by atoms with Crippen LogP contribution in [0.1, 0.15) is 28.8 Å². The predicted molar refractivity (Wildman–Crippen MR) is 70.6 cm³/mol. The Labute approximate surface area is 110 Å². The normalized spacial score (nSPS) is 14.7. The molecule has 1 aliphatic carbocycles. The largest absolute Gasteiger partial charge is 0.409 e. The van der Waals surface area contributed by atoms with Crippen molar-refractivity contribution in [1.29, 1.82) is 0 Å². The molecule has 0 amide bonds. The van der Waals surface area contributed by atoms with E-state index in [0.29, 0.717) is 11.4 Å². The summed E-state index contributed by atoms with van der Waals surface area (Å²) in [6.45, 7) is 1.96. The molecule has 0 bridgehead atoms. The van der Waals surface area contributed by atoms with E-state index >= 15 is 0 Å². The van der Waals surface area contributed by atoms with Gasteiger partial charge in [0, 0.05) is 11.9 Å². The van der Waals surface area contributed by atoms with Crippen LogP contribution in [0.3, 0.4) is 0 Å². The fourth-order valence-corrected chi connectivity index (χ4v) is 2.41. The van der Waals surface area contributed by atoms with Gasteiger partial charge in [0.1, 0.15) is 0 Å². The average molecular weight is 257 g/mol. The SMILES string of the molecule is Cc1cnn(-c2nc3c(cc2C(N)=NO)CCC3)c1. The van der Waals surface area contributed by atoms with Crippen LogP contribution >= 0.6 is 0 Å². The third kappa shape index (κ3) is 1.95. The molecule has 0 saturated heterocycles. The number of pyridine rings is 1. The first kappa shape index (κ1) is 11.7. The Morgan fingerprint density at radius 3 is 3.00 bits per heavy atom. The number of fused-ring (bicyclic) bond motifs is 1. The highest BCUT2D eigenvalue weighted by molar-refractivity contribution is 6.00. The molecule has 0 unspecified atom stereocenters. The number of nitrogens with two attached hydrogens (primary N) is 1. The summed E-state index contributed by atoms with van der Waals surface area (Å²) in [5.41, 5.74) is 9.66. The summed E-state index contributed by atoms with van der Waals surface area (Å²) in [6.07, 6.45) is 6.69. The van der Waals surface area contributed by atoms with Gasteiger partial charge in [0.05, 0.1) is 11.8 Å². The van der Waals surface area contributed by atoms with Crippen LogP contribution in [0.4, 0.5) is 0 Å². The second kappa shape index (κ2) is 4.38. The lowest BCUT2D eigenvalue weighted by atomic mass is 10.1. The van der Waals surface area contributed by atoms with Crippen molar-refractivity contribution in [3.63, 3.8) is 0 Å². The maximum absolute atomic E-state index is 8.92.